The number of anilines is 3. The third kappa shape index (κ3) is 27.9. The first-order valence-electron chi connectivity index (χ1n) is 36.3. The van der Waals surface area contributed by atoms with E-state index in [1.165, 1.54) is 99.8 Å². The maximum Gasteiger partial charge on any atom is 1.00 e. The molecule has 4 aliphatic heterocycles. The number of amides is 3. The second-order valence-corrected chi connectivity index (χ2v) is 29.4. The van der Waals surface area contributed by atoms with E-state index in [4.69, 9.17) is 74.0 Å². The zero-order valence-corrected chi connectivity index (χ0v) is 82.3. The number of halogens is 16. The van der Waals surface area contributed by atoms with Crippen LogP contribution >= 0.6 is 57.4 Å². The number of aliphatic carboxylic acids is 2. The van der Waals surface area contributed by atoms with E-state index in [9.17, 15) is 67.1 Å². The fraction of sp³-hybridized carbons (Fsp3) is 0.390. The Morgan fingerprint density at radius 1 is 0.613 bits per heavy atom. The van der Waals surface area contributed by atoms with Crippen molar-refractivity contribution in [1.82, 2.24) is 58.7 Å². The van der Waals surface area contributed by atoms with Crippen LogP contribution in [0.2, 0.25) is 15.1 Å². The van der Waals surface area contributed by atoms with Crippen LogP contribution in [0.25, 0.3) is 23.1 Å². The summed E-state index contributed by atoms with van der Waals surface area (Å²) in [5, 5.41) is 45.4. The number of rotatable bonds is 14. The van der Waals surface area contributed by atoms with Crippen molar-refractivity contribution in [3.8, 4) is 17.1 Å². The summed E-state index contributed by atoms with van der Waals surface area (Å²) in [7, 11) is -0.241. The van der Waals surface area contributed by atoms with Gasteiger partial charge in [0.2, 0.25) is 0 Å². The van der Waals surface area contributed by atoms with Crippen molar-refractivity contribution in [3.63, 3.8) is 0 Å². The molecule has 2 N–H and O–H groups in total. The molecule has 6 aromatic heterocycles. The molecule has 0 bridgehead atoms. The molecule has 3 amide bonds. The summed E-state index contributed by atoms with van der Waals surface area (Å²) in [6, 6.07) is 14.9. The summed E-state index contributed by atoms with van der Waals surface area (Å²) >= 11 is 19.5. The summed E-state index contributed by atoms with van der Waals surface area (Å²) in [5.74, 6) is -4.17. The molecule has 124 heavy (non-hydrogen) atoms. The van der Waals surface area contributed by atoms with Crippen LogP contribution in [-0.2, 0) is 88.3 Å². The van der Waals surface area contributed by atoms with Crippen molar-refractivity contribution in [2.24, 2.45) is 0 Å². The Morgan fingerprint density at radius 2 is 0.911 bits per heavy atom. The molecule has 3 unspecified atom stereocenters. The van der Waals surface area contributed by atoms with Gasteiger partial charge in [-0.1, -0.05) is 91.7 Å². The van der Waals surface area contributed by atoms with E-state index >= 15 is 0 Å². The number of alkyl halides is 9. The molecule has 9 aromatic rings. The Hall–Kier alpha value is -6.14. The topological polar surface area (TPSA) is 310 Å². The average molecular weight is 2070 g/mol. The molecule has 13 rings (SSSR count). The van der Waals surface area contributed by atoms with Gasteiger partial charge in [0.15, 0.2) is 17.1 Å². The fourth-order valence-electron chi connectivity index (χ4n) is 12.3. The number of aromatic nitrogens is 12. The van der Waals surface area contributed by atoms with Crippen LogP contribution in [0.4, 0.5) is 69.7 Å². The Balaban J connectivity index is 0.000000805. The van der Waals surface area contributed by atoms with Crippen LogP contribution in [-0.4, -0.2) is 143 Å². The number of hydrogen-bond acceptors (Lipinski definition) is 16. The molecule has 4 aliphatic rings. The molecule has 4 saturated heterocycles. The maximum atomic E-state index is 13.7. The van der Waals surface area contributed by atoms with Gasteiger partial charge < -0.3 is 53.2 Å². The van der Waals surface area contributed by atoms with Crippen LogP contribution in [0.5, 0.6) is 0 Å². The molecule has 670 valence electrons. The predicted octanol–water partition coefficient (Wildman–Crippen LogP) is 11.5. The van der Waals surface area contributed by atoms with Gasteiger partial charge in [0, 0.05) is 53.9 Å². The number of nitrogens with zero attached hydrogens (tertiary/aromatic N) is 15. The van der Waals surface area contributed by atoms with Crippen molar-refractivity contribution in [1.29, 1.82) is 0 Å². The predicted molar refractivity (Wildman–Crippen MR) is 434 cm³/mol. The van der Waals surface area contributed by atoms with Gasteiger partial charge in [-0.3, -0.25) is 42.8 Å². The molecule has 10 heterocycles. The van der Waals surface area contributed by atoms with Crippen molar-refractivity contribution in [2.45, 2.75) is 177 Å². The van der Waals surface area contributed by atoms with E-state index in [0.29, 0.717) is 49.9 Å². The zero-order valence-electron chi connectivity index (χ0n) is 71.1. The SMILES string of the molecule is C/C=C/c1c(N2CCC(n3nc(C(F)(F)F)c(Cl)c3C)C2=O)cnn1-c1cccc(F)c1.C=C(C)B1OC(C)(C)C(C)(C)O1.CC.CC(=O)O.CC(=O)O.CCCc1c(N2CCC(n3nc(C(F)(F)F)c(Cl)c3C)C2=O)cnn1-c1cccc(F)c1.Cc1c(Cl)c(C(F)(F)F)nn1C1CCN(c2cnn(-c3cccc(F)c3)c2I)C1=O.O=CO[O-].[CH3-].[H-].[K+].[K+].[Pd]. The van der Waals surface area contributed by atoms with E-state index in [0.717, 1.165) is 45.5 Å². The summed E-state index contributed by atoms with van der Waals surface area (Å²) in [6.07, 6.45) is -4.09. The minimum absolute atomic E-state index is 0. The quantitative estimate of drug-likeness (QED) is 0.0194. The van der Waals surface area contributed by atoms with Crippen molar-refractivity contribution >= 4 is 124 Å². The number of carbonyl (C=O) groups is 6. The largest absolute Gasteiger partial charge is 1.00 e. The third-order valence-corrected chi connectivity index (χ3v) is 20.7. The number of hydrogen-bond donors (Lipinski definition) is 2. The molecular formula is C77H87BCl3F12IK2N15O12Pd-. The Kier molecular flexibility index (Phi) is 45.1. The number of benzene rings is 3. The first kappa shape index (κ1) is 114. The van der Waals surface area contributed by atoms with Crippen molar-refractivity contribution < 1.29 is 236 Å². The summed E-state index contributed by atoms with van der Waals surface area (Å²) in [6.45, 7) is 28.6. The molecule has 3 atom stereocenters. The summed E-state index contributed by atoms with van der Waals surface area (Å²) in [4.78, 5) is 73.1. The molecule has 0 radical (unpaired) electrons. The molecule has 0 aliphatic carbocycles. The van der Waals surface area contributed by atoms with Crippen LogP contribution in [0.15, 0.2) is 110 Å². The number of carbonyl (C=O) groups excluding carboxylic acids is 4. The normalized spacial score (nSPS) is 16.1. The number of allylic oxidation sites excluding steroid dienone is 2. The van der Waals surface area contributed by atoms with Gasteiger partial charge in [-0.05, 0) is 171 Å². The maximum absolute atomic E-state index is 13.7. The molecule has 47 heteroatoms. The smallest absolute Gasteiger partial charge is 1.00 e. The van der Waals surface area contributed by atoms with Crippen molar-refractivity contribution in [3.05, 3.63) is 199 Å². The Labute approximate surface area is 835 Å². The molecule has 0 spiro atoms. The van der Waals surface area contributed by atoms with Crippen LogP contribution in [0.1, 0.15) is 167 Å². The minimum atomic E-state index is -4.72. The fourth-order valence-corrected chi connectivity index (χ4v) is 13.8. The van der Waals surface area contributed by atoms with E-state index in [1.54, 1.807) is 60.2 Å². The van der Waals surface area contributed by atoms with Gasteiger partial charge in [0.05, 0.1) is 107 Å². The zero-order chi connectivity index (χ0) is 90.3. The minimum Gasteiger partial charge on any atom is -1.00 e. The van der Waals surface area contributed by atoms with Crippen LogP contribution in [0.3, 0.4) is 0 Å². The molecule has 0 saturated carbocycles. The van der Waals surface area contributed by atoms with E-state index in [2.05, 4.69) is 42.1 Å². The molecular weight excluding hydrogens is 1980 g/mol. The standard InChI is InChI=1S/C21H20ClF4N5O.C21H18ClF4N5O.C18H13ClF4IN5O.C9H17BO2.2C2H4O2.C2H6.CH2O3.CH3.2K.Pd.H/c2*1-3-5-15-17(11-27-31(15)14-7-4-6-13(23)10-14)29-9-8-16(20(29)32)30-12(2)18(22)19(28-30)21(24,25)26;1-9-14(19)15(18(21,22)23)26-28(9)12-5-6-27(17(12)30)13-8-25-29(16(13)24)11-4-2-3-10(20)7-11;1-7(2)10-11-8(3,4)9(5,6)12-10;2*1-2(3)4;1-2;2-1-4-3;;;;;/h4,6-7,10-11,16H,3,5,8-9H2,1-2H3;3-7,10-11,16H,8-9H2,1-2H3;2-4,7-8,12H,5-6H2,1H3;1H2,2-6H3;2*1H3,(H,3,4);1-2H3;1,3H;1H3;;;;/q;;;;;;;;-1;2*+1;;-1/p-1/b;5-3+;;;;;;;;;;;. The average Bonchev–Trinajstić information content (AvgIpc) is 1.63. The Bertz CT molecular complexity index is 5180. The van der Waals surface area contributed by atoms with Gasteiger partial charge in [0.25, 0.3) is 36.1 Å². The second kappa shape index (κ2) is 49.0. The first-order chi connectivity index (χ1) is 56.0. The van der Waals surface area contributed by atoms with Gasteiger partial charge >= 0.3 is 128 Å². The van der Waals surface area contributed by atoms with Crippen LogP contribution < -0.4 is 123 Å². The van der Waals surface area contributed by atoms with Gasteiger partial charge in [-0.15, -0.1) is 6.58 Å². The Morgan fingerprint density at radius 3 is 1.21 bits per heavy atom. The first-order valence-corrected chi connectivity index (χ1v) is 38.5. The summed E-state index contributed by atoms with van der Waals surface area (Å²) in [5.41, 5.74) is 1.30. The van der Waals surface area contributed by atoms with E-state index in [-0.39, 0.29) is 213 Å². The van der Waals surface area contributed by atoms with Gasteiger partial charge in [-0.2, -0.15) is 70.1 Å². The molecule has 3 aromatic carbocycles. The third-order valence-electron chi connectivity index (χ3n) is 18.3. The molecule has 4 fully saturated rings. The van der Waals surface area contributed by atoms with Crippen molar-refractivity contribution in [2.75, 3.05) is 34.3 Å². The van der Waals surface area contributed by atoms with E-state index in [1.807, 2.05) is 78.0 Å². The summed E-state index contributed by atoms with van der Waals surface area (Å²) < 4.78 is 179. The monoisotopic (exact) mass is 2070 g/mol. The van der Waals surface area contributed by atoms with Gasteiger partial charge in [0.1, 0.15) is 39.3 Å². The number of carboxylic acid groups (broad SMARTS) is 2. The number of carboxylic acids is 2. The van der Waals surface area contributed by atoms with Crippen LogP contribution in [0, 0.1) is 49.4 Å². The second-order valence-electron chi connectivity index (χ2n) is 27.3. The van der Waals surface area contributed by atoms with E-state index < -0.39 is 116 Å². The van der Waals surface area contributed by atoms with Gasteiger partial charge in [-0.25, -0.2) is 27.2 Å². The molecule has 27 nitrogen and oxygen atoms in total.